The average Bonchev–Trinajstić information content (AvgIpc) is 2.98. The van der Waals surface area contributed by atoms with Crippen molar-refractivity contribution in [1.82, 2.24) is 19.5 Å². The minimum Gasteiger partial charge on any atom is -0.381 e. The van der Waals surface area contributed by atoms with Gasteiger partial charge in [0.1, 0.15) is 5.56 Å². The lowest BCUT2D eigenvalue weighted by molar-refractivity contribution is 0.0716. The van der Waals surface area contributed by atoms with Crippen LogP contribution in [0.4, 0.5) is 5.69 Å². The first kappa shape index (κ1) is 15.6. The summed E-state index contributed by atoms with van der Waals surface area (Å²) in [6, 6.07) is 12.2. The number of para-hydroxylation sites is 1. The number of hydrogen-bond donors (Lipinski definition) is 1. The molecule has 1 aliphatic rings. The Morgan fingerprint density at radius 1 is 1.24 bits per heavy atom. The van der Waals surface area contributed by atoms with Gasteiger partial charge in [-0.1, -0.05) is 18.2 Å². The Morgan fingerprint density at radius 2 is 2.08 bits per heavy atom. The van der Waals surface area contributed by atoms with E-state index < -0.39 is 0 Å². The van der Waals surface area contributed by atoms with Crippen LogP contribution in [0.3, 0.4) is 0 Å². The number of aryl methyl sites for hydroxylation is 1. The summed E-state index contributed by atoms with van der Waals surface area (Å²) in [4.78, 5) is 19.4. The van der Waals surface area contributed by atoms with Crippen LogP contribution in [0.1, 0.15) is 28.9 Å². The lowest BCUT2D eigenvalue weighted by Gasteiger charge is -2.33. The summed E-state index contributed by atoms with van der Waals surface area (Å²) < 4.78 is 1.67. The summed E-state index contributed by atoms with van der Waals surface area (Å²) >= 11 is 0. The van der Waals surface area contributed by atoms with Crippen LogP contribution in [-0.4, -0.2) is 44.5 Å². The second kappa shape index (κ2) is 6.55. The summed E-state index contributed by atoms with van der Waals surface area (Å²) in [5.74, 6) is 0.0192. The number of piperidine rings is 1. The molecular weight excluding hydrogens is 314 g/mol. The number of benzene rings is 1. The topological polar surface area (TPSA) is 62.5 Å². The van der Waals surface area contributed by atoms with Crippen molar-refractivity contribution in [2.75, 3.05) is 18.4 Å². The van der Waals surface area contributed by atoms with Gasteiger partial charge in [-0.2, -0.15) is 5.10 Å². The van der Waals surface area contributed by atoms with Crippen LogP contribution < -0.4 is 5.32 Å². The van der Waals surface area contributed by atoms with E-state index in [2.05, 4.69) is 27.5 Å². The third-order valence-corrected chi connectivity index (χ3v) is 4.64. The minimum atomic E-state index is 0.0192. The normalized spacial score (nSPS) is 17.6. The van der Waals surface area contributed by atoms with Gasteiger partial charge in [0.15, 0.2) is 5.65 Å². The zero-order valence-corrected chi connectivity index (χ0v) is 14.2. The van der Waals surface area contributed by atoms with E-state index in [0.29, 0.717) is 17.8 Å². The maximum absolute atomic E-state index is 13.1. The lowest BCUT2D eigenvalue weighted by Crippen LogP contribution is -2.45. The first-order valence-electron chi connectivity index (χ1n) is 8.63. The largest absolute Gasteiger partial charge is 0.381 e. The molecule has 6 heteroatoms. The minimum absolute atomic E-state index is 0.0192. The van der Waals surface area contributed by atoms with Gasteiger partial charge in [-0.3, -0.25) is 4.79 Å². The average molecular weight is 335 g/mol. The van der Waals surface area contributed by atoms with E-state index in [1.165, 1.54) is 0 Å². The molecule has 6 nitrogen and oxygen atoms in total. The number of anilines is 1. The van der Waals surface area contributed by atoms with Gasteiger partial charge in [0.05, 0.1) is 5.69 Å². The molecule has 0 aliphatic carbocycles. The molecule has 0 bridgehead atoms. The molecule has 1 amide bonds. The maximum atomic E-state index is 13.1. The first-order chi connectivity index (χ1) is 12.2. The third kappa shape index (κ3) is 3.07. The molecule has 0 radical (unpaired) electrons. The molecule has 3 aromatic rings. The number of hydrogen-bond acceptors (Lipinski definition) is 4. The fourth-order valence-electron chi connectivity index (χ4n) is 3.45. The Hall–Kier alpha value is -2.89. The van der Waals surface area contributed by atoms with Gasteiger partial charge in [-0.05, 0) is 38.0 Å². The number of nitrogens with zero attached hydrogens (tertiary/aromatic N) is 4. The molecule has 1 N–H and O–H groups in total. The molecule has 1 unspecified atom stereocenters. The first-order valence-corrected chi connectivity index (χ1v) is 8.63. The van der Waals surface area contributed by atoms with Crippen LogP contribution in [0.2, 0.25) is 0 Å². The zero-order valence-electron chi connectivity index (χ0n) is 14.2. The molecule has 1 aliphatic heterocycles. The quantitative estimate of drug-likeness (QED) is 0.799. The summed E-state index contributed by atoms with van der Waals surface area (Å²) in [5.41, 5.74) is 3.06. The molecule has 0 saturated carbocycles. The van der Waals surface area contributed by atoms with Gasteiger partial charge in [0.25, 0.3) is 5.91 Å². The molecule has 25 heavy (non-hydrogen) atoms. The van der Waals surface area contributed by atoms with E-state index in [1.807, 2.05) is 42.3 Å². The number of nitrogens with one attached hydrogen (secondary N) is 1. The summed E-state index contributed by atoms with van der Waals surface area (Å²) in [6.07, 6.45) is 5.57. The van der Waals surface area contributed by atoms with Crippen molar-refractivity contribution in [3.63, 3.8) is 0 Å². The van der Waals surface area contributed by atoms with E-state index >= 15 is 0 Å². The highest BCUT2D eigenvalue weighted by atomic mass is 16.2. The van der Waals surface area contributed by atoms with Crippen molar-refractivity contribution in [2.24, 2.45) is 0 Å². The highest BCUT2D eigenvalue weighted by molar-refractivity contribution is 6.01. The molecule has 1 atom stereocenters. The molecule has 3 heterocycles. The summed E-state index contributed by atoms with van der Waals surface area (Å²) in [6.45, 7) is 3.33. The van der Waals surface area contributed by atoms with E-state index in [9.17, 15) is 4.79 Å². The van der Waals surface area contributed by atoms with Crippen molar-refractivity contribution in [1.29, 1.82) is 0 Å². The predicted molar refractivity (Wildman–Crippen MR) is 96.7 cm³/mol. The summed E-state index contributed by atoms with van der Waals surface area (Å²) in [5, 5.41) is 7.94. The number of fused-ring (bicyclic) bond motifs is 1. The Morgan fingerprint density at radius 3 is 2.92 bits per heavy atom. The fourth-order valence-corrected chi connectivity index (χ4v) is 3.45. The van der Waals surface area contributed by atoms with Gasteiger partial charge < -0.3 is 10.2 Å². The molecule has 4 rings (SSSR count). The molecular formula is C19H21N5O. The van der Waals surface area contributed by atoms with Crippen molar-refractivity contribution >= 4 is 17.2 Å². The van der Waals surface area contributed by atoms with E-state index in [1.54, 1.807) is 10.7 Å². The Kier molecular flexibility index (Phi) is 4.09. The number of rotatable bonds is 3. The van der Waals surface area contributed by atoms with E-state index in [-0.39, 0.29) is 11.9 Å². The number of likely N-dealkylation sites (tertiary alicyclic amines) is 1. The van der Waals surface area contributed by atoms with Crippen LogP contribution in [0, 0.1) is 6.92 Å². The Bertz CT molecular complexity index is 889. The Balaban J connectivity index is 1.54. The van der Waals surface area contributed by atoms with Gasteiger partial charge >= 0.3 is 0 Å². The van der Waals surface area contributed by atoms with Crippen LogP contribution in [0.15, 0.2) is 48.8 Å². The van der Waals surface area contributed by atoms with Crippen molar-refractivity contribution in [3.8, 4) is 0 Å². The molecule has 128 valence electrons. The van der Waals surface area contributed by atoms with E-state index in [0.717, 1.165) is 30.8 Å². The second-order valence-electron chi connectivity index (χ2n) is 6.45. The monoisotopic (exact) mass is 335 g/mol. The van der Waals surface area contributed by atoms with Gasteiger partial charge in [0, 0.05) is 37.2 Å². The molecule has 2 aromatic heterocycles. The highest BCUT2D eigenvalue weighted by Gasteiger charge is 2.28. The van der Waals surface area contributed by atoms with Crippen molar-refractivity contribution in [3.05, 3.63) is 60.0 Å². The third-order valence-electron chi connectivity index (χ3n) is 4.64. The zero-order chi connectivity index (χ0) is 17.2. The van der Waals surface area contributed by atoms with E-state index in [4.69, 9.17) is 0 Å². The maximum Gasteiger partial charge on any atom is 0.259 e. The second-order valence-corrected chi connectivity index (χ2v) is 6.45. The number of carbonyl (C=O) groups is 1. The number of aromatic nitrogens is 3. The summed E-state index contributed by atoms with van der Waals surface area (Å²) in [7, 11) is 0. The van der Waals surface area contributed by atoms with Crippen LogP contribution in [-0.2, 0) is 0 Å². The van der Waals surface area contributed by atoms with Crippen molar-refractivity contribution < 1.29 is 4.79 Å². The standard InChI is InChI=1S/C19H21N5O/c1-14-17(18-20-10-6-12-24(18)22-14)19(25)23-11-5-9-16(13-23)21-15-7-3-2-4-8-15/h2-4,6-8,10,12,16,21H,5,9,11,13H2,1H3. The SMILES string of the molecule is Cc1nn2cccnc2c1C(=O)N1CCCC(Nc2ccccc2)C1. The van der Waals surface area contributed by atoms with Crippen molar-refractivity contribution in [2.45, 2.75) is 25.8 Å². The smallest absolute Gasteiger partial charge is 0.259 e. The van der Waals surface area contributed by atoms with Gasteiger partial charge in [-0.25, -0.2) is 9.50 Å². The number of amides is 1. The van der Waals surface area contributed by atoms with Gasteiger partial charge in [0.2, 0.25) is 0 Å². The molecule has 0 spiro atoms. The van der Waals surface area contributed by atoms with Gasteiger partial charge in [-0.15, -0.1) is 0 Å². The van der Waals surface area contributed by atoms with Crippen LogP contribution in [0.5, 0.6) is 0 Å². The highest BCUT2D eigenvalue weighted by Crippen LogP contribution is 2.21. The Labute approximate surface area is 146 Å². The lowest BCUT2D eigenvalue weighted by atomic mass is 10.0. The molecule has 1 saturated heterocycles. The number of carbonyl (C=O) groups excluding carboxylic acids is 1. The van der Waals surface area contributed by atoms with Crippen LogP contribution >= 0.6 is 0 Å². The fraction of sp³-hybridized carbons (Fsp3) is 0.316. The van der Waals surface area contributed by atoms with Crippen LogP contribution in [0.25, 0.3) is 5.65 Å². The molecule has 1 fully saturated rings. The molecule has 1 aromatic carbocycles. The predicted octanol–water partition coefficient (Wildman–Crippen LogP) is 2.75.